The van der Waals surface area contributed by atoms with Crippen LogP contribution < -0.4 is 37.6 Å². The number of nitrogens with one attached hydrogen (secondary N) is 7. The van der Waals surface area contributed by atoms with Crippen LogP contribution in [0.25, 0.3) is 0 Å². The van der Waals surface area contributed by atoms with Gasteiger partial charge in [0.25, 0.3) is 17.7 Å². The predicted molar refractivity (Wildman–Crippen MR) is 197 cm³/mol. The summed E-state index contributed by atoms with van der Waals surface area (Å²) >= 11 is 0. The molecule has 3 heterocycles. The van der Waals surface area contributed by atoms with E-state index in [-0.39, 0.29) is 48.1 Å². The van der Waals surface area contributed by atoms with Gasteiger partial charge in [-0.05, 0) is 59.7 Å². The third-order valence-corrected chi connectivity index (χ3v) is 7.03. The Hall–Kier alpha value is -6.27. The Morgan fingerprint density at radius 1 is 0.679 bits per heavy atom. The van der Waals surface area contributed by atoms with Crippen molar-refractivity contribution in [3.05, 3.63) is 53.9 Å². The lowest BCUT2D eigenvalue weighted by Gasteiger charge is -2.24. The molecule has 19 heteroatoms. The van der Waals surface area contributed by atoms with E-state index in [0.29, 0.717) is 11.4 Å². The summed E-state index contributed by atoms with van der Waals surface area (Å²) in [5, 5.41) is 23.0. The molecule has 0 spiro atoms. The van der Waals surface area contributed by atoms with Crippen molar-refractivity contribution in [3.63, 3.8) is 0 Å². The van der Waals surface area contributed by atoms with Crippen molar-refractivity contribution in [2.24, 2.45) is 26.9 Å². The lowest BCUT2D eigenvalue weighted by molar-refractivity contribution is -0.118. The van der Waals surface area contributed by atoms with Gasteiger partial charge in [-0.15, -0.1) is 0 Å². The van der Waals surface area contributed by atoms with E-state index in [9.17, 15) is 28.8 Å². The summed E-state index contributed by atoms with van der Waals surface area (Å²) in [4.78, 5) is 77.0. The van der Waals surface area contributed by atoms with E-state index < -0.39 is 53.1 Å². The first-order valence-electron chi connectivity index (χ1n) is 16.5. The molecule has 3 aromatic rings. The van der Waals surface area contributed by atoms with Gasteiger partial charge in [-0.1, -0.05) is 0 Å². The van der Waals surface area contributed by atoms with Crippen LogP contribution >= 0.6 is 0 Å². The largest absolute Gasteiger partial charge is 0.444 e. The zero-order chi connectivity index (χ0) is 39.8. The van der Waals surface area contributed by atoms with Crippen LogP contribution in [0.4, 0.5) is 26.7 Å². The number of aromatic nitrogens is 3. The van der Waals surface area contributed by atoms with Crippen molar-refractivity contribution in [2.45, 2.75) is 65.2 Å². The first kappa shape index (κ1) is 41.2. The van der Waals surface area contributed by atoms with E-state index in [1.54, 1.807) is 79.6 Å². The molecule has 288 valence electrons. The number of hydrogen-bond acceptors (Lipinski definition) is 9. The summed E-state index contributed by atoms with van der Waals surface area (Å²) < 4.78 is 15.0. The molecule has 53 heavy (non-hydrogen) atoms. The van der Waals surface area contributed by atoms with E-state index in [0.717, 1.165) is 0 Å². The number of hydrogen-bond donors (Lipinski definition) is 8. The molecule has 0 fully saturated rings. The highest BCUT2D eigenvalue weighted by atomic mass is 16.6. The molecule has 1 unspecified atom stereocenters. The third-order valence-electron chi connectivity index (χ3n) is 7.03. The van der Waals surface area contributed by atoms with Crippen LogP contribution in [0.1, 0.15) is 79.4 Å². The third kappa shape index (κ3) is 12.8. The van der Waals surface area contributed by atoms with Gasteiger partial charge in [-0.2, -0.15) is 0 Å². The SMILES string of the molecule is Cn1cc(NC(=O)c2cc(NC(=O)c3cc(NC(=O)C(CNC(=O)OC(C)(C)C)NC(=O)OC(C)(C)C)cn3C)cn2C)cc1C(=O)NCCC(=N)N. The second-order valence-electron chi connectivity index (χ2n) is 14.2. The molecule has 0 saturated heterocycles. The smallest absolute Gasteiger partial charge is 0.408 e. The molecule has 0 aliphatic heterocycles. The highest BCUT2D eigenvalue weighted by molar-refractivity contribution is 6.08. The number of nitrogens with two attached hydrogens (primary N) is 1. The van der Waals surface area contributed by atoms with Crippen LogP contribution in [0.15, 0.2) is 36.8 Å². The topological polar surface area (TPSA) is 258 Å². The predicted octanol–water partition coefficient (Wildman–Crippen LogP) is 2.62. The fraction of sp³-hybridized carbons (Fsp3) is 0.441. The molecule has 0 aromatic carbocycles. The number of aryl methyl sites for hydroxylation is 3. The van der Waals surface area contributed by atoms with Crippen molar-refractivity contribution in [2.75, 3.05) is 29.0 Å². The van der Waals surface area contributed by atoms with Gasteiger partial charge in [0, 0.05) is 52.7 Å². The summed E-state index contributed by atoms with van der Waals surface area (Å²) in [6.45, 7) is 9.89. The number of anilines is 3. The number of alkyl carbamates (subject to hydrolysis) is 2. The lowest BCUT2D eigenvalue weighted by atomic mass is 10.2. The zero-order valence-corrected chi connectivity index (χ0v) is 31.3. The maximum absolute atomic E-state index is 13.3. The number of rotatable bonds is 13. The van der Waals surface area contributed by atoms with E-state index in [1.165, 1.54) is 33.5 Å². The van der Waals surface area contributed by atoms with E-state index in [1.807, 2.05) is 0 Å². The Kier molecular flexibility index (Phi) is 13.1. The Balaban J connectivity index is 1.67. The summed E-state index contributed by atoms with van der Waals surface area (Å²) in [6.07, 6.45) is 3.13. The van der Waals surface area contributed by atoms with Crippen LogP contribution in [0.2, 0.25) is 0 Å². The van der Waals surface area contributed by atoms with Gasteiger partial charge in [-0.3, -0.25) is 24.6 Å². The summed E-state index contributed by atoms with van der Waals surface area (Å²) in [5.74, 6) is -2.20. The van der Waals surface area contributed by atoms with Gasteiger partial charge in [0.2, 0.25) is 5.91 Å². The zero-order valence-electron chi connectivity index (χ0n) is 31.3. The first-order valence-corrected chi connectivity index (χ1v) is 16.5. The van der Waals surface area contributed by atoms with E-state index in [2.05, 4.69) is 31.9 Å². The average Bonchev–Trinajstić information content (AvgIpc) is 3.68. The second-order valence-corrected chi connectivity index (χ2v) is 14.2. The molecule has 1 atom stereocenters. The number of carbonyl (C=O) groups excluding carboxylic acids is 6. The molecule has 3 aromatic heterocycles. The Morgan fingerprint density at radius 3 is 1.53 bits per heavy atom. The molecule has 0 saturated carbocycles. The maximum atomic E-state index is 13.3. The van der Waals surface area contributed by atoms with Crippen LogP contribution in [0.5, 0.6) is 0 Å². The van der Waals surface area contributed by atoms with Crippen LogP contribution in [0.3, 0.4) is 0 Å². The Labute approximate surface area is 306 Å². The number of carbonyl (C=O) groups is 6. The first-order chi connectivity index (χ1) is 24.5. The van der Waals surface area contributed by atoms with Gasteiger partial charge in [0.15, 0.2) is 0 Å². The molecule has 0 radical (unpaired) electrons. The molecule has 6 amide bonds. The molecule has 0 aliphatic rings. The van der Waals surface area contributed by atoms with Gasteiger partial charge in [-0.25, -0.2) is 9.59 Å². The van der Waals surface area contributed by atoms with Gasteiger partial charge in [0.1, 0.15) is 34.3 Å². The number of nitrogens with zero attached hydrogens (tertiary/aromatic N) is 3. The van der Waals surface area contributed by atoms with Crippen molar-refractivity contribution in [3.8, 4) is 0 Å². The number of ether oxygens (including phenoxy) is 2. The second kappa shape index (κ2) is 16.8. The molecule has 3 rings (SSSR count). The Morgan fingerprint density at radius 2 is 1.09 bits per heavy atom. The minimum absolute atomic E-state index is 0.0485. The molecule has 19 nitrogen and oxygen atoms in total. The standard InChI is InChI=1S/C34H49N11O8/c1-33(2,3)52-31(50)38-15-22(42-32(51)53-34(4,5)6)27(46)39-19-13-24(44(8)16-19)29(48)41-21-14-25(45(9)18-21)30(49)40-20-12-23(43(7)17-20)28(47)37-11-10-26(35)36/h12-14,16-18,22H,10-11,15H2,1-9H3,(H3,35,36)(H,37,47)(H,38,50)(H,39,46)(H,40,49)(H,41,48)(H,42,51). The van der Waals surface area contributed by atoms with Crippen LogP contribution in [-0.2, 0) is 35.4 Å². The highest BCUT2D eigenvalue weighted by Crippen LogP contribution is 2.20. The maximum Gasteiger partial charge on any atom is 0.408 e. The molecule has 0 aliphatic carbocycles. The normalized spacial score (nSPS) is 11.9. The van der Waals surface area contributed by atoms with Crippen molar-refractivity contribution in [1.29, 1.82) is 5.41 Å². The van der Waals surface area contributed by atoms with E-state index >= 15 is 0 Å². The van der Waals surface area contributed by atoms with Gasteiger partial charge < -0.3 is 60.8 Å². The minimum atomic E-state index is -1.28. The number of amides is 6. The summed E-state index contributed by atoms with van der Waals surface area (Å²) in [7, 11) is 4.86. The van der Waals surface area contributed by atoms with Crippen LogP contribution in [-0.4, -0.2) is 85.7 Å². The lowest BCUT2D eigenvalue weighted by Crippen LogP contribution is -2.52. The fourth-order valence-electron chi connectivity index (χ4n) is 4.76. The monoisotopic (exact) mass is 739 g/mol. The van der Waals surface area contributed by atoms with Crippen molar-refractivity contribution in [1.82, 2.24) is 29.7 Å². The van der Waals surface area contributed by atoms with E-state index in [4.69, 9.17) is 20.6 Å². The van der Waals surface area contributed by atoms with Crippen molar-refractivity contribution < 1.29 is 38.2 Å². The van der Waals surface area contributed by atoms with Crippen molar-refractivity contribution >= 4 is 58.7 Å². The molecule has 9 N–H and O–H groups in total. The van der Waals surface area contributed by atoms with Gasteiger partial charge in [0.05, 0.1) is 29.4 Å². The molecular formula is C34H49N11O8. The average molecular weight is 740 g/mol. The highest BCUT2D eigenvalue weighted by Gasteiger charge is 2.27. The quantitative estimate of drug-likeness (QED) is 0.0945. The fourth-order valence-corrected chi connectivity index (χ4v) is 4.76. The molecule has 0 bridgehead atoms. The minimum Gasteiger partial charge on any atom is -0.444 e. The number of amidine groups is 1. The molecular weight excluding hydrogens is 690 g/mol. The van der Waals surface area contributed by atoms with Gasteiger partial charge >= 0.3 is 12.2 Å². The summed E-state index contributed by atoms with van der Waals surface area (Å²) in [5.41, 5.74) is 5.23. The summed E-state index contributed by atoms with van der Waals surface area (Å²) in [6, 6.07) is 3.12. The van der Waals surface area contributed by atoms with Crippen LogP contribution in [0, 0.1) is 5.41 Å². The Bertz CT molecular complexity index is 1870.